The Morgan fingerprint density at radius 1 is 1.16 bits per heavy atom. The van der Waals surface area contributed by atoms with E-state index < -0.39 is 0 Å². The number of rotatable bonds is 5. The molecule has 0 aliphatic carbocycles. The van der Waals surface area contributed by atoms with Crippen LogP contribution in [0.1, 0.15) is 17.7 Å². The van der Waals surface area contributed by atoms with Gasteiger partial charge in [0.2, 0.25) is 0 Å². The maximum atomic E-state index is 11.9. The van der Waals surface area contributed by atoms with E-state index >= 15 is 0 Å². The summed E-state index contributed by atoms with van der Waals surface area (Å²) in [7, 11) is 0. The van der Waals surface area contributed by atoms with Crippen LogP contribution in [0.2, 0.25) is 0 Å². The highest BCUT2D eigenvalue weighted by atomic mass is 79.9. The van der Waals surface area contributed by atoms with Crippen molar-refractivity contribution >= 4 is 27.4 Å². The van der Waals surface area contributed by atoms with Crippen LogP contribution < -0.4 is 5.73 Å². The number of halogens is 1. The number of carbonyl (C=O) groups excluding carboxylic acids is 1. The van der Waals surface area contributed by atoms with Crippen molar-refractivity contribution in [2.45, 2.75) is 19.3 Å². The van der Waals surface area contributed by atoms with Gasteiger partial charge in [0.15, 0.2) is 0 Å². The minimum atomic E-state index is 0.201. The normalized spacial score (nSPS) is 10.4. The third kappa shape index (κ3) is 4.48. The van der Waals surface area contributed by atoms with Gasteiger partial charge in [0.25, 0.3) is 0 Å². The second kappa shape index (κ2) is 6.48. The number of benzene rings is 1. The van der Waals surface area contributed by atoms with Gasteiger partial charge in [-0.2, -0.15) is 0 Å². The first-order valence-corrected chi connectivity index (χ1v) is 6.89. The number of anilines is 1. The number of nitrogen functional groups attached to an aromatic ring is 1. The number of ketones is 1. The van der Waals surface area contributed by atoms with E-state index in [1.165, 1.54) is 0 Å². The molecule has 0 unspecified atom stereocenters. The number of hydrogen-bond acceptors (Lipinski definition) is 3. The van der Waals surface area contributed by atoms with Gasteiger partial charge >= 0.3 is 0 Å². The summed E-state index contributed by atoms with van der Waals surface area (Å²) in [4.78, 5) is 16.1. The van der Waals surface area contributed by atoms with Gasteiger partial charge in [-0.15, -0.1) is 0 Å². The Morgan fingerprint density at radius 3 is 2.53 bits per heavy atom. The van der Waals surface area contributed by atoms with E-state index in [9.17, 15) is 4.79 Å². The van der Waals surface area contributed by atoms with Crippen molar-refractivity contribution in [3.63, 3.8) is 0 Å². The summed E-state index contributed by atoms with van der Waals surface area (Å²) in [6.07, 6.45) is 3.38. The van der Waals surface area contributed by atoms with Crippen molar-refractivity contribution in [3.05, 3.63) is 58.3 Å². The Labute approximate surface area is 121 Å². The lowest BCUT2D eigenvalue weighted by Crippen LogP contribution is -2.05. The van der Waals surface area contributed by atoms with Crippen molar-refractivity contribution in [1.82, 2.24) is 4.98 Å². The lowest BCUT2D eigenvalue weighted by Gasteiger charge is -2.02. The first-order chi connectivity index (χ1) is 9.13. The fourth-order valence-corrected chi connectivity index (χ4v) is 2.00. The molecule has 0 atom stereocenters. The fourth-order valence-electron chi connectivity index (χ4n) is 1.77. The zero-order valence-corrected chi connectivity index (χ0v) is 12.1. The zero-order valence-electron chi connectivity index (χ0n) is 10.5. The molecule has 0 aliphatic rings. The second-order valence-corrected chi connectivity index (χ2v) is 5.34. The molecular formula is C15H15BrN2O. The summed E-state index contributed by atoms with van der Waals surface area (Å²) in [5.41, 5.74) is 8.30. The summed E-state index contributed by atoms with van der Waals surface area (Å²) in [6, 6.07) is 11.4. The van der Waals surface area contributed by atoms with Gasteiger partial charge in [-0.25, -0.2) is 0 Å². The molecule has 19 heavy (non-hydrogen) atoms. The molecule has 0 spiro atoms. The predicted octanol–water partition coefficient (Wildman–Crippen LogP) is 3.17. The standard InChI is InChI=1S/C15H15BrN2O/c16-12-4-7-14(18-10-12)9-15(19)8-3-11-1-5-13(17)6-2-11/h1-2,4-7,10H,3,8-9,17H2. The summed E-state index contributed by atoms with van der Waals surface area (Å²) >= 11 is 3.32. The molecule has 98 valence electrons. The molecule has 0 fully saturated rings. The molecule has 0 aliphatic heterocycles. The van der Waals surface area contributed by atoms with Crippen LogP contribution in [0.4, 0.5) is 5.69 Å². The monoisotopic (exact) mass is 318 g/mol. The minimum Gasteiger partial charge on any atom is -0.399 e. The van der Waals surface area contributed by atoms with Crippen molar-refractivity contribution in [2.24, 2.45) is 0 Å². The lowest BCUT2D eigenvalue weighted by molar-refractivity contribution is -0.118. The van der Waals surface area contributed by atoms with E-state index in [0.717, 1.165) is 27.8 Å². The number of pyridine rings is 1. The molecular weight excluding hydrogens is 304 g/mol. The SMILES string of the molecule is Nc1ccc(CCC(=O)Cc2ccc(Br)cn2)cc1. The van der Waals surface area contributed by atoms with E-state index in [1.54, 1.807) is 6.20 Å². The Kier molecular flexibility index (Phi) is 4.68. The van der Waals surface area contributed by atoms with Gasteiger partial charge < -0.3 is 5.73 Å². The molecule has 0 radical (unpaired) electrons. The van der Waals surface area contributed by atoms with E-state index in [0.29, 0.717) is 12.8 Å². The molecule has 0 saturated carbocycles. The molecule has 1 aromatic heterocycles. The fraction of sp³-hybridized carbons (Fsp3) is 0.200. The van der Waals surface area contributed by atoms with Crippen LogP contribution >= 0.6 is 15.9 Å². The van der Waals surface area contributed by atoms with E-state index in [2.05, 4.69) is 20.9 Å². The number of aryl methyl sites for hydroxylation is 1. The summed E-state index contributed by atoms with van der Waals surface area (Å²) in [5.74, 6) is 0.201. The highest BCUT2D eigenvalue weighted by Gasteiger charge is 2.05. The van der Waals surface area contributed by atoms with E-state index in [1.807, 2.05) is 36.4 Å². The van der Waals surface area contributed by atoms with Crippen LogP contribution in [0.3, 0.4) is 0 Å². The summed E-state index contributed by atoms with van der Waals surface area (Å²) in [5, 5.41) is 0. The van der Waals surface area contributed by atoms with E-state index in [-0.39, 0.29) is 5.78 Å². The van der Waals surface area contributed by atoms with Gasteiger partial charge in [0.05, 0.1) is 0 Å². The van der Waals surface area contributed by atoms with E-state index in [4.69, 9.17) is 5.73 Å². The second-order valence-electron chi connectivity index (χ2n) is 4.42. The third-order valence-corrected chi connectivity index (χ3v) is 3.31. The lowest BCUT2D eigenvalue weighted by atomic mass is 10.0. The van der Waals surface area contributed by atoms with Crippen LogP contribution in [0.5, 0.6) is 0 Å². The first-order valence-electron chi connectivity index (χ1n) is 6.10. The molecule has 4 heteroatoms. The molecule has 1 aromatic carbocycles. The quantitative estimate of drug-likeness (QED) is 0.861. The van der Waals surface area contributed by atoms with Gasteiger partial charge in [-0.3, -0.25) is 9.78 Å². The van der Waals surface area contributed by atoms with Crippen LogP contribution in [-0.2, 0) is 17.6 Å². The minimum absolute atomic E-state index is 0.201. The number of nitrogens with zero attached hydrogens (tertiary/aromatic N) is 1. The third-order valence-electron chi connectivity index (χ3n) is 2.84. The molecule has 2 aromatic rings. The van der Waals surface area contributed by atoms with Gasteiger partial charge in [0.1, 0.15) is 5.78 Å². The van der Waals surface area contributed by atoms with Crippen LogP contribution in [0.25, 0.3) is 0 Å². The number of aromatic nitrogens is 1. The van der Waals surface area contributed by atoms with Crippen molar-refractivity contribution in [1.29, 1.82) is 0 Å². The predicted molar refractivity (Wildman–Crippen MR) is 79.8 cm³/mol. The maximum Gasteiger partial charge on any atom is 0.139 e. The van der Waals surface area contributed by atoms with Crippen molar-refractivity contribution in [2.75, 3.05) is 5.73 Å². The smallest absolute Gasteiger partial charge is 0.139 e. The Bertz CT molecular complexity index is 549. The maximum absolute atomic E-state index is 11.9. The first kappa shape index (κ1) is 13.7. The average Bonchev–Trinajstić information content (AvgIpc) is 2.41. The summed E-state index contributed by atoms with van der Waals surface area (Å²) < 4.78 is 0.922. The molecule has 2 N–H and O–H groups in total. The highest BCUT2D eigenvalue weighted by molar-refractivity contribution is 9.10. The Hall–Kier alpha value is -1.68. The van der Waals surface area contributed by atoms with Gasteiger partial charge in [-0.05, 0) is 52.2 Å². The molecule has 0 saturated heterocycles. The highest BCUT2D eigenvalue weighted by Crippen LogP contribution is 2.11. The number of nitrogens with two attached hydrogens (primary N) is 1. The summed E-state index contributed by atoms with van der Waals surface area (Å²) in [6.45, 7) is 0. The average molecular weight is 319 g/mol. The Morgan fingerprint density at radius 2 is 1.89 bits per heavy atom. The number of Topliss-reactive ketones (excluding diaryl/α,β-unsaturated/α-hetero) is 1. The van der Waals surface area contributed by atoms with Gasteiger partial charge in [-0.1, -0.05) is 12.1 Å². The molecule has 3 nitrogen and oxygen atoms in total. The molecule has 0 bridgehead atoms. The van der Waals surface area contributed by atoms with Crippen LogP contribution in [0, 0.1) is 0 Å². The largest absolute Gasteiger partial charge is 0.399 e. The molecule has 0 amide bonds. The van der Waals surface area contributed by atoms with Crippen LogP contribution in [-0.4, -0.2) is 10.8 Å². The molecule has 1 heterocycles. The van der Waals surface area contributed by atoms with Crippen molar-refractivity contribution in [3.8, 4) is 0 Å². The Balaban J connectivity index is 1.84. The van der Waals surface area contributed by atoms with Gasteiger partial charge in [0, 0.05) is 34.9 Å². The molecule has 2 rings (SSSR count). The topological polar surface area (TPSA) is 56.0 Å². The zero-order chi connectivity index (χ0) is 13.7. The number of carbonyl (C=O) groups is 1. The number of hydrogen-bond donors (Lipinski definition) is 1. The van der Waals surface area contributed by atoms with Crippen LogP contribution in [0.15, 0.2) is 47.1 Å². The van der Waals surface area contributed by atoms with Crippen molar-refractivity contribution < 1.29 is 4.79 Å².